The molecule has 1 fully saturated rings. The SMILES string of the molecule is C=O.CC.CCC.CN1CCOCC1.Cc1cnc2ccc(-c3ccc4c(c3)N=C(N)C4)cn12. The van der Waals surface area contributed by atoms with E-state index in [0.717, 1.165) is 60.9 Å². The van der Waals surface area contributed by atoms with Crippen molar-refractivity contribution >= 4 is 24.0 Å². The van der Waals surface area contributed by atoms with Crippen LogP contribution in [0.15, 0.2) is 47.7 Å². The zero-order valence-corrected chi connectivity index (χ0v) is 21.7. The third kappa shape index (κ3) is 8.39. The van der Waals surface area contributed by atoms with E-state index in [0.29, 0.717) is 5.84 Å². The number of morpholine rings is 1. The minimum absolute atomic E-state index is 0.693. The number of aryl methyl sites for hydroxylation is 1. The number of ether oxygens (including phenoxy) is 1. The lowest BCUT2D eigenvalue weighted by Gasteiger charge is -2.21. The molecule has 0 amide bonds. The molecule has 2 aliphatic rings. The molecular weight excluding hydrogens is 426 g/mol. The summed E-state index contributed by atoms with van der Waals surface area (Å²) in [4.78, 5) is 19.0. The van der Waals surface area contributed by atoms with Gasteiger partial charge in [0.2, 0.25) is 0 Å². The number of benzene rings is 1. The number of aromatic nitrogens is 2. The Balaban J connectivity index is 0.000000345. The number of rotatable bonds is 1. The Hall–Kier alpha value is -3.03. The molecule has 0 unspecified atom stereocenters. The first-order valence-electron chi connectivity index (χ1n) is 12.0. The summed E-state index contributed by atoms with van der Waals surface area (Å²) in [7, 11) is 2.11. The zero-order valence-electron chi connectivity index (χ0n) is 21.7. The lowest BCUT2D eigenvalue weighted by atomic mass is 10.0. The Morgan fingerprint density at radius 2 is 1.68 bits per heavy atom. The van der Waals surface area contributed by atoms with Crippen molar-refractivity contribution in [1.29, 1.82) is 0 Å². The van der Waals surface area contributed by atoms with Crippen molar-refractivity contribution in [3.63, 3.8) is 0 Å². The monoisotopic (exact) mass is 467 g/mol. The Kier molecular flexibility index (Phi) is 13.4. The number of hydrogen-bond acceptors (Lipinski definition) is 6. The molecule has 4 heterocycles. The molecule has 3 aromatic rings. The molecule has 0 atom stereocenters. The molecule has 7 heteroatoms. The van der Waals surface area contributed by atoms with Crippen molar-refractivity contribution in [3.05, 3.63) is 54.0 Å². The van der Waals surface area contributed by atoms with Crippen molar-refractivity contribution < 1.29 is 9.53 Å². The van der Waals surface area contributed by atoms with Crippen molar-refractivity contribution in [3.8, 4) is 11.1 Å². The van der Waals surface area contributed by atoms with Gasteiger partial charge in [-0.2, -0.15) is 0 Å². The summed E-state index contributed by atoms with van der Waals surface area (Å²) in [5.74, 6) is 0.693. The molecule has 0 spiro atoms. The summed E-state index contributed by atoms with van der Waals surface area (Å²) >= 11 is 0. The van der Waals surface area contributed by atoms with E-state index in [1.54, 1.807) is 0 Å². The number of fused-ring (bicyclic) bond motifs is 2. The van der Waals surface area contributed by atoms with Gasteiger partial charge in [-0.15, -0.1) is 0 Å². The maximum Gasteiger partial charge on any atom is 0.136 e. The van der Waals surface area contributed by atoms with Crippen LogP contribution in [0.25, 0.3) is 16.8 Å². The lowest BCUT2D eigenvalue weighted by Crippen LogP contribution is -2.32. The molecule has 1 aromatic carbocycles. The number of amidine groups is 1. The number of nitrogens with zero attached hydrogens (tertiary/aromatic N) is 4. The smallest absolute Gasteiger partial charge is 0.136 e. The van der Waals surface area contributed by atoms with E-state index in [4.69, 9.17) is 15.3 Å². The van der Waals surface area contributed by atoms with Crippen LogP contribution < -0.4 is 5.73 Å². The van der Waals surface area contributed by atoms with E-state index >= 15 is 0 Å². The number of imidazole rings is 1. The molecule has 0 bridgehead atoms. The second-order valence-electron chi connectivity index (χ2n) is 7.79. The molecule has 2 aliphatic heterocycles. The first kappa shape index (κ1) is 29.0. The standard InChI is InChI=1S/C16H14N4.C5H11NO.C3H8.C2H6.CH2O/c1-10-8-18-16-5-4-13(9-20(10)16)11-2-3-12-7-15(17)19-14(12)6-11;1-6-2-4-7-5-3-6;1-3-2;2*1-2/h2-6,8-9H,7H2,1H3,(H2,17,19);2-5H2,1H3;3H2,1-2H3;1-2H3;1H2. The molecular formula is C27H41N5O2. The first-order chi connectivity index (χ1) is 16.5. The van der Waals surface area contributed by atoms with E-state index in [9.17, 15) is 0 Å². The van der Waals surface area contributed by atoms with E-state index in [2.05, 4.69) is 77.6 Å². The van der Waals surface area contributed by atoms with Gasteiger partial charge in [-0.3, -0.25) is 0 Å². The van der Waals surface area contributed by atoms with E-state index < -0.39 is 0 Å². The van der Waals surface area contributed by atoms with Gasteiger partial charge < -0.3 is 24.6 Å². The predicted molar refractivity (Wildman–Crippen MR) is 143 cm³/mol. The van der Waals surface area contributed by atoms with Gasteiger partial charge in [-0.25, -0.2) is 9.98 Å². The van der Waals surface area contributed by atoms with E-state index in [-0.39, 0.29) is 0 Å². The fraction of sp³-hybridized carbons (Fsp3) is 0.444. The Morgan fingerprint density at radius 1 is 1.06 bits per heavy atom. The largest absolute Gasteiger partial charge is 0.387 e. The summed E-state index contributed by atoms with van der Waals surface area (Å²) in [6.07, 6.45) is 6.00. The van der Waals surface area contributed by atoms with Gasteiger partial charge in [0, 0.05) is 37.6 Å². The van der Waals surface area contributed by atoms with Crippen molar-refractivity contribution in [2.45, 2.75) is 47.5 Å². The maximum atomic E-state index is 8.00. The third-order valence-electron chi connectivity index (χ3n) is 4.98. The average molecular weight is 468 g/mol. The maximum absolute atomic E-state index is 8.00. The number of carbonyl (C=O) groups is 1. The van der Waals surface area contributed by atoms with Crippen LogP contribution in [0.4, 0.5) is 5.69 Å². The molecule has 1 saturated heterocycles. The van der Waals surface area contributed by atoms with Crippen molar-refractivity contribution in [1.82, 2.24) is 14.3 Å². The average Bonchev–Trinajstić information content (AvgIpc) is 3.43. The fourth-order valence-corrected chi connectivity index (χ4v) is 3.31. The highest BCUT2D eigenvalue weighted by Gasteiger charge is 2.13. The normalized spacial score (nSPS) is 14.0. The molecule has 0 aliphatic carbocycles. The number of pyridine rings is 1. The lowest BCUT2D eigenvalue weighted by molar-refractivity contribution is -0.0979. The van der Waals surface area contributed by atoms with Gasteiger partial charge >= 0.3 is 0 Å². The van der Waals surface area contributed by atoms with Gasteiger partial charge in [0.1, 0.15) is 18.3 Å². The molecule has 0 radical (unpaired) electrons. The fourth-order valence-electron chi connectivity index (χ4n) is 3.31. The molecule has 34 heavy (non-hydrogen) atoms. The van der Waals surface area contributed by atoms with Gasteiger partial charge in [0.15, 0.2) is 0 Å². The van der Waals surface area contributed by atoms with Crippen LogP contribution in [0.2, 0.25) is 0 Å². The number of nitrogens with two attached hydrogens (primary N) is 1. The number of aliphatic imine (C=N–C) groups is 1. The zero-order chi connectivity index (χ0) is 25.5. The van der Waals surface area contributed by atoms with Crippen LogP contribution in [0.3, 0.4) is 0 Å². The minimum atomic E-state index is 0.693. The van der Waals surface area contributed by atoms with Crippen LogP contribution in [0.5, 0.6) is 0 Å². The second kappa shape index (κ2) is 15.7. The summed E-state index contributed by atoms with van der Waals surface area (Å²) in [5.41, 5.74) is 12.4. The van der Waals surface area contributed by atoms with E-state index in [1.165, 1.54) is 12.0 Å². The van der Waals surface area contributed by atoms with Gasteiger partial charge in [0.25, 0.3) is 0 Å². The number of carbonyl (C=O) groups excluding carboxylic acids is 1. The van der Waals surface area contributed by atoms with Gasteiger partial charge in [-0.05, 0) is 48.9 Å². The summed E-state index contributed by atoms with van der Waals surface area (Å²) in [5, 5.41) is 0. The Morgan fingerprint density at radius 3 is 2.26 bits per heavy atom. The van der Waals surface area contributed by atoms with Crippen LogP contribution >= 0.6 is 0 Å². The highest BCUT2D eigenvalue weighted by molar-refractivity contribution is 5.91. The van der Waals surface area contributed by atoms with Gasteiger partial charge in [0.05, 0.1) is 18.9 Å². The summed E-state index contributed by atoms with van der Waals surface area (Å²) in [6.45, 7) is 16.3. The Labute approximate surface area is 204 Å². The van der Waals surface area contributed by atoms with Crippen LogP contribution in [-0.4, -0.2) is 60.3 Å². The van der Waals surface area contributed by atoms with E-state index in [1.807, 2.05) is 32.9 Å². The quantitative estimate of drug-likeness (QED) is 0.541. The minimum Gasteiger partial charge on any atom is -0.387 e. The summed E-state index contributed by atoms with van der Waals surface area (Å²) in [6, 6.07) is 10.5. The number of likely N-dealkylation sites (N-methyl/N-ethyl adjacent to an activating group) is 1. The summed E-state index contributed by atoms with van der Waals surface area (Å²) < 4.78 is 7.20. The molecule has 0 saturated carbocycles. The topological polar surface area (TPSA) is 85.2 Å². The highest BCUT2D eigenvalue weighted by Crippen LogP contribution is 2.31. The number of hydrogen-bond donors (Lipinski definition) is 1. The highest BCUT2D eigenvalue weighted by atomic mass is 16.5. The van der Waals surface area contributed by atoms with Crippen LogP contribution in [-0.2, 0) is 16.0 Å². The third-order valence-corrected chi connectivity index (χ3v) is 4.98. The van der Waals surface area contributed by atoms with Crippen molar-refractivity contribution in [2.75, 3.05) is 33.4 Å². The first-order valence-corrected chi connectivity index (χ1v) is 12.0. The van der Waals surface area contributed by atoms with Crippen LogP contribution in [0, 0.1) is 6.92 Å². The van der Waals surface area contributed by atoms with Crippen LogP contribution in [0.1, 0.15) is 45.4 Å². The molecule has 2 aromatic heterocycles. The Bertz CT molecular complexity index is 1020. The molecule has 5 rings (SSSR count). The second-order valence-corrected chi connectivity index (χ2v) is 7.79. The molecule has 2 N–H and O–H groups in total. The van der Waals surface area contributed by atoms with Gasteiger partial charge in [-0.1, -0.05) is 46.2 Å². The molecule has 7 nitrogen and oxygen atoms in total. The van der Waals surface area contributed by atoms with Crippen molar-refractivity contribution in [2.24, 2.45) is 10.7 Å². The predicted octanol–water partition coefficient (Wildman–Crippen LogP) is 5.06. The molecule has 186 valence electrons.